The van der Waals surface area contributed by atoms with Crippen LogP contribution in [-0.4, -0.2) is 17.5 Å². The molecule has 2 nitrogen and oxygen atoms in total. The van der Waals surface area contributed by atoms with Crippen LogP contribution < -0.4 is 0 Å². The predicted octanol–water partition coefficient (Wildman–Crippen LogP) is 4.51. The molecular formula is C21H32O2. The van der Waals surface area contributed by atoms with E-state index in [1.54, 1.807) is 0 Å². The number of aliphatic hydroxyl groups excluding tert-OH is 1. The van der Waals surface area contributed by atoms with Crippen LogP contribution in [0.4, 0.5) is 0 Å². The monoisotopic (exact) mass is 316 g/mol. The van der Waals surface area contributed by atoms with Crippen molar-refractivity contribution in [2.24, 2.45) is 29.6 Å². The molecule has 1 aromatic carbocycles. The average molecular weight is 316 g/mol. The summed E-state index contributed by atoms with van der Waals surface area (Å²) in [7, 11) is 0. The molecular weight excluding hydrogens is 284 g/mol. The smallest absolute Gasteiger partial charge is 0.136 e. The SMILES string of the molecule is CC(C)[C@@H]1CC[C@@H](C)C[C@H]1C(=O)CC(CO)Cc1ccccc1. The number of rotatable bonds is 7. The quantitative estimate of drug-likeness (QED) is 0.804. The number of carbonyl (C=O) groups excluding carboxylic acids is 1. The van der Waals surface area contributed by atoms with Crippen molar-refractivity contribution in [3.63, 3.8) is 0 Å². The normalized spacial score (nSPS) is 26.2. The lowest BCUT2D eigenvalue weighted by atomic mass is 9.67. The minimum Gasteiger partial charge on any atom is -0.396 e. The standard InChI is InChI=1S/C21H32O2/c1-15(2)19-10-9-16(3)11-20(19)21(23)13-18(14-22)12-17-7-5-4-6-8-17/h4-8,15-16,18-20,22H,9-14H2,1-3H3/t16-,18?,19+,20-/m1/s1. The molecule has 1 aliphatic rings. The van der Waals surface area contributed by atoms with Gasteiger partial charge in [-0.05, 0) is 48.5 Å². The van der Waals surface area contributed by atoms with Crippen LogP contribution in [0.25, 0.3) is 0 Å². The summed E-state index contributed by atoms with van der Waals surface area (Å²) in [4.78, 5) is 12.9. The van der Waals surface area contributed by atoms with E-state index < -0.39 is 0 Å². The Hall–Kier alpha value is -1.15. The van der Waals surface area contributed by atoms with Crippen molar-refractivity contribution in [2.75, 3.05) is 6.61 Å². The molecule has 1 unspecified atom stereocenters. The zero-order valence-electron chi connectivity index (χ0n) is 14.9. The first-order valence-corrected chi connectivity index (χ1v) is 9.18. The van der Waals surface area contributed by atoms with Gasteiger partial charge in [0, 0.05) is 18.9 Å². The summed E-state index contributed by atoms with van der Waals surface area (Å²) >= 11 is 0. The van der Waals surface area contributed by atoms with Crippen molar-refractivity contribution >= 4 is 5.78 Å². The molecule has 0 saturated heterocycles. The molecule has 2 rings (SSSR count). The highest BCUT2D eigenvalue weighted by atomic mass is 16.3. The summed E-state index contributed by atoms with van der Waals surface area (Å²) in [6.07, 6.45) is 4.77. The van der Waals surface area contributed by atoms with Crippen LogP contribution in [0.1, 0.15) is 52.0 Å². The van der Waals surface area contributed by atoms with Crippen molar-refractivity contribution in [2.45, 2.75) is 52.9 Å². The van der Waals surface area contributed by atoms with Crippen molar-refractivity contribution in [3.05, 3.63) is 35.9 Å². The lowest BCUT2D eigenvalue weighted by Gasteiger charge is -2.37. The van der Waals surface area contributed by atoms with Crippen LogP contribution in [0.15, 0.2) is 30.3 Å². The van der Waals surface area contributed by atoms with Crippen LogP contribution in [0.3, 0.4) is 0 Å². The fourth-order valence-corrected chi connectivity index (χ4v) is 4.16. The zero-order valence-corrected chi connectivity index (χ0v) is 14.9. The second kappa shape index (κ2) is 8.63. The molecule has 1 fully saturated rings. The second-order valence-electron chi connectivity index (χ2n) is 7.84. The summed E-state index contributed by atoms with van der Waals surface area (Å²) in [5, 5.41) is 9.71. The van der Waals surface area contributed by atoms with Crippen LogP contribution in [0.2, 0.25) is 0 Å². The molecule has 2 heteroatoms. The maximum Gasteiger partial charge on any atom is 0.136 e. The van der Waals surface area contributed by atoms with E-state index in [-0.39, 0.29) is 18.4 Å². The van der Waals surface area contributed by atoms with E-state index in [0.29, 0.717) is 30.0 Å². The molecule has 0 aliphatic heterocycles. The van der Waals surface area contributed by atoms with E-state index >= 15 is 0 Å². The molecule has 4 atom stereocenters. The van der Waals surface area contributed by atoms with Gasteiger partial charge >= 0.3 is 0 Å². The van der Waals surface area contributed by atoms with Gasteiger partial charge in [-0.25, -0.2) is 0 Å². The van der Waals surface area contributed by atoms with Crippen molar-refractivity contribution < 1.29 is 9.90 Å². The van der Waals surface area contributed by atoms with E-state index in [9.17, 15) is 9.90 Å². The van der Waals surface area contributed by atoms with E-state index in [2.05, 4.69) is 32.9 Å². The highest BCUT2D eigenvalue weighted by Gasteiger charge is 2.35. The molecule has 0 aromatic heterocycles. The van der Waals surface area contributed by atoms with Gasteiger partial charge in [-0.2, -0.15) is 0 Å². The third kappa shape index (κ3) is 5.17. The first-order chi connectivity index (χ1) is 11.0. The third-order valence-corrected chi connectivity index (χ3v) is 5.55. The maximum absolute atomic E-state index is 12.9. The molecule has 128 valence electrons. The van der Waals surface area contributed by atoms with E-state index in [1.807, 2.05) is 18.2 Å². The Bertz CT molecular complexity index is 480. The van der Waals surface area contributed by atoms with Gasteiger partial charge in [0.1, 0.15) is 5.78 Å². The largest absolute Gasteiger partial charge is 0.396 e. The summed E-state index contributed by atoms with van der Waals surface area (Å²) in [6.45, 7) is 6.85. The molecule has 0 heterocycles. The Balaban J connectivity index is 1.99. The summed E-state index contributed by atoms with van der Waals surface area (Å²) in [5.41, 5.74) is 1.21. The lowest BCUT2D eigenvalue weighted by molar-refractivity contribution is -0.128. The minimum atomic E-state index is 0.0509. The van der Waals surface area contributed by atoms with Crippen LogP contribution in [0.5, 0.6) is 0 Å². The number of benzene rings is 1. The van der Waals surface area contributed by atoms with Crippen molar-refractivity contribution in [1.29, 1.82) is 0 Å². The van der Waals surface area contributed by atoms with Gasteiger partial charge in [-0.15, -0.1) is 0 Å². The van der Waals surface area contributed by atoms with Gasteiger partial charge in [0.25, 0.3) is 0 Å². The summed E-state index contributed by atoms with van der Waals surface area (Å²) < 4.78 is 0. The van der Waals surface area contributed by atoms with Gasteiger partial charge in [0.2, 0.25) is 0 Å². The molecule has 0 bridgehead atoms. The second-order valence-corrected chi connectivity index (χ2v) is 7.84. The molecule has 1 aromatic rings. The fraction of sp³-hybridized carbons (Fsp3) is 0.667. The van der Waals surface area contributed by atoms with Crippen LogP contribution >= 0.6 is 0 Å². The highest BCUT2D eigenvalue weighted by Crippen LogP contribution is 2.39. The summed E-state index contributed by atoms with van der Waals surface area (Å²) in [5.74, 6) is 2.37. The number of carbonyl (C=O) groups is 1. The Kier molecular flexibility index (Phi) is 6.83. The molecule has 1 saturated carbocycles. The van der Waals surface area contributed by atoms with E-state index in [0.717, 1.165) is 12.8 Å². The Labute approximate surface area is 141 Å². The number of ketones is 1. The summed E-state index contributed by atoms with van der Waals surface area (Å²) in [6, 6.07) is 10.2. The van der Waals surface area contributed by atoms with Crippen molar-refractivity contribution in [3.8, 4) is 0 Å². The third-order valence-electron chi connectivity index (χ3n) is 5.55. The van der Waals surface area contributed by atoms with Gasteiger partial charge < -0.3 is 5.11 Å². The first-order valence-electron chi connectivity index (χ1n) is 9.18. The molecule has 0 spiro atoms. The van der Waals surface area contributed by atoms with Crippen LogP contribution in [0, 0.1) is 29.6 Å². The molecule has 1 aliphatic carbocycles. The number of hydrogen-bond donors (Lipinski definition) is 1. The van der Waals surface area contributed by atoms with E-state index in [4.69, 9.17) is 0 Å². The van der Waals surface area contributed by atoms with Gasteiger partial charge in [0.15, 0.2) is 0 Å². The molecule has 0 amide bonds. The zero-order chi connectivity index (χ0) is 16.8. The van der Waals surface area contributed by atoms with Gasteiger partial charge in [-0.3, -0.25) is 4.79 Å². The molecule has 1 N–H and O–H groups in total. The predicted molar refractivity (Wildman–Crippen MR) is 95.2 cm³/mol. The fourth-order valence-electron chi connectivity index (χ4n) is 4.16. The number of aliphatic hydroxyl groups is 1. The first kappa shape index (κ1) is 18.2. The number of hydrogen-bond acceptors (Lipinski definition) is 2. The topological polar surface area (TPSA) is 37.3 Å². The average Bonchev–Trinajstić information content (AvgIpc) is 2.54. The Morgan fingerprint density at radius 1 is 1.22 bits per heavy atom. The highest BCUT2D eigenvalue weighted by molar-refractivity contribution is 5.81. The molecule has 0 radical (unpaired) electrons. The molecule has 23 heavy (non-hydrogen) atoms. The minimum absolute atomic E-state index is 0.0509. The van der Waals surface area contributed by atoms with Gasteiger partial charge in [-0.1, -0.05) is 57.5 Å². The van der Waals surface area contributed by atoms with E-state index in [1.165, 1.54) is 18.4 Å². The van der Waals surface area contributed by atoms with Crippen molar-refractivity contribution in [1.82, 2.24) is 0 Å². The Morgan fingerprint density at radius 3 is 2.52 bits per heavy atom. The van der Waals surface area contributed by atoms with Crippen LogP contribution in [-0.2, 0) is 11.2 Å². The van der Waals surface area contributed by atoms with Gasteiger partial charge in [0.05, 0.1) is 0 Å². The maximum atomic E-state index is 12.9. The lowest BCUT2D eigenvalue weighted by Crippen LogP contribution is -2.34. The number of Topliss-reactive ketones (excluding diaryl/α,β-unsaturated/α-hetero) is 1. The Morgan fingerprint density at radius 2 is 1.91 bits per heavy atom.